The summed E-state index contributed by atoms with van der Waals surface area (Å²) < 4.78 is 4.77. The molecule has 0 saturated carbocycles. The van der Waals surface area contributed by atoms with E-state index in [-0.39, 0.29) is 0 Å². The van der Waals surface area contributed by atoms with Crippen LogP contribution >= 0.6 is 0 Å². The first-order valence-electron chi connectivity index (χ1n) is 37.8. The summed E-state index contributed by atoms with van der Waals surface area (Å²) >= 11 is 0. The van der Waals surface area contributed by atoms with Crippen LogP contribution < -0.4 is 29.4 Å². The van der Waals surface area contributed by atoms with Gasteiger partial charge in [0.1, 0.15) is 0 Å². The molecule has 0 unspecified atom stereocenters. The third kappa shape index (κ3) is 12.8. The van der Waals surface area contributed by atoms with Crippen LogP contribution in [0.25, 0.3) is 55.0 Å². The van der Waals surface area contributed by atoms with E-state index in [1.54, 1.807) is 0 Å². The number of nitrogens with zero attached hydrogens (tertiary/aromatic N) is 8. The van der Waals surface area contributed by atoms with Crippen molar-refractivity contribution in [1.82, 2.24) is 9.13 Å². The van der Waals surface area contributed by atoms with Gasteiger partial charge in [-0.25, -0.2) is 0 Å². The predicted molar refractivity (Wildman–Crippen MR) is 468 cm³/mol. The largest absolute Gasteiger partial charge is 0.311 e. The zero-order valence-electron chi connectivity index (χ0n) is 61.1. The Hall–Kier alpha value is -14.9. The molecule has 0 N–H and O–H groups in total. The number of anilines is 16. The first-order valence-corrected chi connectivity index (χ1v) is 37.8. The van der Waals surface area contributed by atoms with Gasteiger partial charge in [0.05, 0.1) is 22.1 Å². The molecule has 19 rings (SSSR count). The number of benzene rings is 16. The smallest absolute Gasteiger partial charge is 0.0542 e. The van der Waals surface area contributed by atoms with Crippen molar-refractivity contribution >= 4 is 135 Å². The molecule has 0 bridgehead atoms. The van der Waals surface area contributed by atoms with E-state index in [4.69, 9.17) is 6.58 Å². The SMILES string of the molecule is C=C1/C=C\C(N(c2ccc(N(c3ccccc3)c3ccccc3)cc2)c2ccc(N(c3ccc(N(c4ccc(N(c5ccccc5)c5ccccc5)cc4)c4ccc5c(c4)c4ccccc4n5-c4ccccc4)cc3)c3ccc4c(c3)c3ccccc3n4-c3ccccc3)cc2)=C/Cc2ccccc2N1c1ccccc1. The molecular formula is C103H76N8. The second-order valence-corrected chi connectivity index (χ2v) is 27.8. The van der Waals surface area contributed by atoms with E-state index in [0.29, 0.717) is 6.42 Å². The second-order valence-electron chi connectivity index (χ2n) is 27.8. The number of rotatable bonds is 18. The highest BCUT2D eigenvalue weighted by Gasteiger charge is 2.26. The van der Waals surface area contributed by atoms with Gasteiger partial charge in [-0.3, -0.25) is 0 Å². The molecule has 528 valence electrons. The summed E-state index contributed by atoms with van der Waals surface area (Å²) in [5.41, 5.74) is 26.4. The zero-order chi connectivity index (χ0) is 74.0. The third-order valence-corrected chi connectivity index (χ3v) is 21.1. The fourth-order valence-corrected chi connectivity index (χ4v) is 16.1. The highest BCUT2D eigenvalue weighted by molar-refractivity contribution is 6.12. The van der Waals surface area contributed by atoms with Crippen molar-refractivity contribution in [2.75, 3.05) is 29.4 Å². The Labute approximate surface area is 647 Å². The van der Waals surface area contributed by atoms with Crippen molar-refractivity contribution in [2.24, 2.45) is 0 Å². The quantitative estimate of drug-likeness (QED) is 0.0851. The van der Waals surface area contributed by atoms with Gasteiger partial charge >= 0.3 is 0 Å². The van der Waals surface area contributed by atoms with Crippen LogP contribution in [0.3, 0.4) is 0 Å². The average molecular weight is 1430 g/mol. The lowest BCUT2D eigenvalue weighted by molar-refractivity contribution is 1.14. The minimum atomic E-state index is 0.666. The van der Waals surface area contributed by atoms with Crippen LogP contribution in [-0.2, 0) is 6.42 Å². The lowest BCUT2D eigenvalue weighted by atomic mass is 10.1. The average Bonchev–Trinajstić information content (AvgIpc) is 1.61. The predicted octanol–water partition coefficient (Wildman–Crippen LogP) is 28.2. The Morgan fingerprint density at radius 3 is 0.856 bits per heavy atom. The molecule has 0 amide bonds. The van der Waals surface area contributed by atoms with Crippen LogP contribution in [0, 0.1) is 0 Å². The Morgan fingerprint density at radius 2 is 0.486 bits per heavy atom. The minimum Gasteiger partial charge on any atom is -0.311 e. The molecule has 0 atom stereocenters. The number of para-hydroxylation sites is 10. The molecule has 8 nitrogen and oxygen atoms in total. The molecule has 0 radical (unpaired) electrons. The molecule has 0 saturated heterocycles. The minimum absolute atomic E-state index is 0.666. The fraction of sp³-hybridized carbons (Fsp3) is 0.00971. The number of fused-ring (bicyclic) bond motifs is 7. The van der Waals surface area contributed by atoms with Gasteiger partial charge in [-0.05, 0) is 261 Å². The van der Waals surface area contributed by atoms with E-state index in [1.165, 1.54) is 21.7 Å². The molecule has 111 heavy (non-hydrogen) atoms. The van der Waals surface area contributed by atoms with Gasteiger partial charge in [0.25, 0.3) is 0 Å². The van der Waals surface area contributed by atoms with Crippen LogP contribution in [0.4, 0.5) is 91.0 Å². The van der Waals surface area contributed by atoms with E-state index in [9.17, 15) is 0 Å². The van der Waals surface area contributed by atoms with Crippen molar-refractivity contribution in [3.63, 3.8) is 0 Å². The molecule has 1 aliphatic rings. The number of aromatic nitrogens is 2. The summed E-state index contributed by atoms with van der Waals surface area (Å²) in [5.74, 6) is 0. The van der Waals surface area contributed by atoms with Gasteiger partial charge in [0.15, 0.2) is 0 Å². The van der Waals surface area contributed by atoms with E-state index < -0.39 is 0 Å². The van der Waals surface area contributed by atoms with Crippen molar-refractivity contribution in [2.45, 2.75) is 6.42 Å². The standard InChI is InChI=1S/C103H76N8/c1-75-49-51-84(52-50-76-29-23-26-46-99(76)104(75)77-30-9-2-10-31-77)107(87-55-53-85(54-56-87)105(78-32-11-3-12-33-78)79-34-13-4-14-35-79)88-59-63-90(64-60-88)109(94-70-72-103-98(74-94)96-45-25-28-48-101(96)111(103)83-42-21-8-22-43-83)92-67-65-91(66-68-92)108(89-61-57-86(58-62-89)106(80-36-15-5-16-37-80)81-38-17-6-18-39-81)93-69-71-102-97(73-93)95-44-24-27-47-100(95)110(102)82-40-19-7-20-41-82/h2-49,51-74H,1,50H2/b51-49-,84-52+. The lowest BCUT2D eigenvalue weighted by Crippen LogP contribution is -2.17. The van der Waals surface area contributed by atoms with Crippen LogP contribution in [-0.4, -0.2) is 9.13 Å². The maximum atomic E-state index is 4.76. The normalized spacial score (nSPS) is 12.9. The van der Waals surface area contributed by atoms with Gasteiger partial charge in [-0.2, -0.15) is 0 Å². The van der Waals surface area contributed by atoms with Gasteiger partial charge < -0.3 is 38.5 Å². The van der Waals surface area contributed by atoms with Gasteiger partial charge in [0.2, 0.25) is 0 Å². The summed E-state index contributed by atoms with van der Waals surface area (Å²) in [7, 11) is 0. The topological polar surface area (TPSA) is 29.3 Å². The number of hydrogen-bond acceptors (Lipinski definition) is 6. The van der Waals surface area contributed by atoms with Crippen LogP contribution in [0.5, 0.6) is 0 Å². The lowest BCUT2D eigenvalue weighted by Gasteiger charge is -2.31. The van der Waals surface area contributed by atoms with E-state index >= 15 is 0 Å². The van der Waals surface area contributed by atoms with E-state index in [2.05, 4.69) is 475 Å². The highest BCUT2D eigenvalue weighted by Crippen LogP contribution is 2.47. The molecule has 16 aromatic carbocycles. The Bertz CT molecular complexity index is 6330. The second kappa shape index (κ2) is 29.5. The Morgan fingerprint density at radius 1 is 0.216 bits per heavy atom. The first-order chi connectivity index (χ1) is 55.0. The van der Waals surface area contributed by atoms with Crippen LogP contribution in [0.1, 0.15) is 5.56 Å². The van der Waals surface area contributed by atoms with Gasteiger partial charge in [-0.1, -0.05) is 195 Å². The summed E-state index contributed by atoms with van der Waals surface area (Å²) in [6.45, 7) is 4.76. The van der Waals surface area contributed by atoms with Crippen molar-refractivity contribution in [3.8, 4) is 11.4 Å². The van der Waals surface area contributed by atoms with E-state index in [1.807, 2.05) is 0 Å². The monoisotopic (exact) mass is 1420 g/mol. The molecule has 2 aromatic heterocycles. The third-order valence-electron chi connectivity index (χ3n) is 21.1. The van der Waals surface area contributed by atoms with Crippen LogP contribution in [0.2, 0.25) is 0 Å². The summed E-state index contributed by atoms with van der Waals surface area (Å²) in [6, 6.07) is 151. The maximum Gasteiger partial charge on any atom is 0.0542 e. The maximum absolute atomic E-state index is 4.76. The molecule has 18 aromatic rings. The molecule has 1 aliphatic heterocycles. The fourth-order valence-electron chi connectivity index (χ4n) is 16.1. The first kappa shape index (κ1) is 66.8. The van der Waals surface area contributed by atoms with Gasteiger partial charge in [-0.15, -0.1) is 0 Å². The number of allylic oxidation sites excluding steroid dienone is 3. The van der Waals surface area contributed by atoms with Crippen molar-refractivity contribution < 1.29 is 0 Å². The molecule has 8 heteroatoms. The van der Waals surface area contributed by atoms with Gasteiger partial charge in [0, 0.05) is 135 Å². The summed E-state index contributed by atoms with van der Waals surface area (Å²) in [6.07, 6.45) is 7.41. The Kier molecular flexibility index (Phi) is 17.7. The van der Waals surface area contributed by atoms with E-state index in [0.717, 1.165) is 141 Å². The molecule has 0 spiro atoms. The molecular weight excluding hydrogens is 1350 g/mol. The zero-order valence-corrected chi connectivity index (χ0v) is 61.1. The summed E-state index contributed by atoms with van der Waals surface area (Å²) in [5, 5.41) is 4.68. The summed E-state index contributed by atoms with van der Waals surface area (Å²) in [4.78, 5) is 14.1. The highest BCUT2D eigenvalue weighted by atomic mass is 15.2. The van der Waals surface area contributed by atoms with Crippen molar-refractivity contribution in [1.29, 1.82) is 0 Å². The molecule has 0 aliphatic carbocycles. The molecule has 0 fully saturated rings. The van der Waals surface area contributed by atoms with Crippen LogP contribution in [0.15, 0.2) is 455 Å². The Balaban J connectivity index is 0.764. The number of hydrogen-bond donors (Lipinski definition) is 0. The van der Waals surface area contributed by atoms with Crippen molar-refractivity contribution in [3.05, 3.63) is 460 Å². The molecule has 3 heterocycles.